The molecule has 0 radical (unpaired) electrons. The van der Waals surface area contributed by atoms with E-state index in [1.807, 2.05) is 6.07 Å². The summed E-state index contributed by atoms with van der Waals surface area (Å²) >= 11 is 1.29. The van der Waals surface area contributed by atoms with Gasteiger partial charge in [0.1, 0.15) is 11.6 Å². The fourth-order valence-electron chi connectivity index (χ4n) is 2.36. The fourth-order valence-corrected chi connectivity index (χ4v) is 3.26. The number of H-pyrrole nitrogens is 1. The Balaban J connectivity index is 1.71. The molecule has 24 heavy (non-hydrogen) atoms. The zero-order valence-electron chi connectivity index (χ0n) is 12.0. The van der Waals surface area contributed by atoms with Crippen molar-refractivity contribution in [3.63, 3.8) is 0 Å². The maximum atomic E-state index is 10.8. The Morgan fingerprint density at radius 2 is 2.17 bits per heavy atom. The van der Waals surface area contributed by atoms with Gasteiger partial charge >= 0.3 is 0 Å². The number of nitro benzene ring substituents is 1. The molecule has 0 unspecified atom stereocenters. The first kappa shape index (κ1) is 14.1. The van der Waals surface area contributed by atoms with Gasteiger partial charge in [-0.3, -0.25) is 10.1 Å². The number of para-hydroxylation sites is 1. The molecule has 2 aromatic carbocycles. The lowest BCUT2D eigenvalue weighted by atomic mass is 10.2. The minimum absolute atomic E-state index is 0.0279. The number of aromatic nitrogens is 3. The molecule has 0 saturated heterocycles. The second-order valence-corrected chi connectivity index (χ2v) is 5.98. The monoisotopic (exact) mass is 336 g/mol. The number of aromatic amines is 1. The maximum absolute atomic E-state index is 10.8. The Morgan fingerprint density at radius 3 is 2.96 bits per heavy atom. The zero-order chi connectivity index (χ0) is 16.7. The number of non-ortho nitro benzene ring substituents is 1. The largest absolute Gasteiger partial charge is 0.324 e. The molecular formula is C15H8N6O2S. The highest BCUT2D eigenvalue weighted by Crippen LogP contribution is 2.31. The van der Waals surface area contributed by atoms with Crippen molar-refractivity contribution < 1.29 is 4.92 Å². The summed E-state index contributed by atoms with van der Waals surface area (Å²) < 4.78 is 0.709. The van der Waals surface area contributed by atoms with Gasteiger partial charge in [0, 0.05) is 12.1 Å². The highest BCUT2D eigenvalue weighted by atomic mass is 32.1. The molecule has 0 bridgehead atoms. The number of imidazole rings is 1. The standard InChI is InChI=1S/C15H8N6O2S/c16-7-8-2-1-3-11-13(8)19-14(17-11)20-15-18-10-5-4-9(21(22)23)6-12(10)24-15/h1-6H,(H2,17,18,19,20). The molecular weight excluding hydrogens is 328 g/mol. The van der Waals surface area contributed by atoms with Crippen LogP contribution in [0.1, 0.15) is 5.56 Å². The van der Waals surface area contributed by atoms with Crippen molar-refractivity contribution >= 4 is 49.4 Å². The van der Waals surface area contributed by atoms with Crippen LogP contribution in [0.15, 0.2) is 36.4 Å². The third-order valence-electron chi connectivity index (χ3n) is 3.44. The molecule has 2 heterocycles. The predicted molar refractivity (Wildman–Crippen MR) is 90.4 cm³/mol. The van der Waals surface area contributed by atoms with Crippen LogP contribution in [-0.4, -0.2) is 19.9 Å². The summed E-state index contributed by atoms with van der Waals surface area (Å²) in [6.07, 6.45) is 0. The summed E-state index contributed by atoms with van der Waals surface area (Å²) in [7, 11) is 0. The van der Waals surface area contributed by atoms with Crippen LogP contribution in [0, 0.1) is 21.4 Å². The van der Waals surface area contributed by atoms with Crippen molar-refractivity contribution in [3.8, 4) is 6.07 Å². The molecule has 0 saturated carbocycles. The number of nitrogens with zero attached hydrogens (tertiary/aromatic N) is 4. The summed E-state index contributed by atoms with van der Waals surface area (Å²) in [5.41, 5.74) is 2.51. The van der Waals surface area contributed by atoms with E-state index in [0.717, 1.165) is 5.52 Å². The van der Waals surface area contributed by atoms with Gasteiger partial charge in [-0.05, 0) is 18.2 Å². The van der Waals surface area contributed by atoms with Gasteiger partial charge in [-0.25, -0.2) is 9.97 Å². The summed E-state index contributed by atoms with van der Waals surface area (Å²) in [6.45, 7) is 0. The molecule has 0 fully saturated rings. The van der Waals surface area contributed by atoms with Crippen LogP contribution < -0.4 is 5.32 Å². The van der Waals surface area contributed by atoms with E-state index in [0.29, 0.717) is 32.4 Å². The minimum atomic E-state index is -0.436. The molecule has 0 atom stereocenters. The van der Waals surface area contributed by atoms with Crippen molar-refractivity contribution in [1.82, 2.24) is 15.0 Å². The number of thiazole rings is 1. The predicted octanol–water partition coefficient (Wildman–Crippen LogP) is 3.70. The van der Waals surface area contributed by atoms with Gasteiger partial charge in [-0.2, -0.15) is 5.26 Å². The van der Waals surface area contributed by atoms with E-state index in [1.54, 1.807) is 18.2 Å². The van der Waals surface area contributed by atoms with Crippen LogP contribution in [0.4, 0.5) is 16.8 Å². The van der Waals surface area contributed by atoms with Gasteiger partial charge < -0.3 is 10.3 Å². The van der Waals surface area contributed by atoms with Crippen LogP contribution >= 0.6 is 11.3 Å². The number of fused-ring (bicyclic) bond motifs is 2. The van der Waals surface area contributed by atoms with Crippen molar-refractivity contribution in [2.75, 3.05) is 5.32 Å². The van der Waals surface area contributed by atoms with Crippen LogP contribution in [0.25, 0.3) is 21.3 Å². The Kier molecular flexibility index (Phi) is 3.11. The molecule has 0 amide bonds. The van der Waals surface area contributed by atoms with E-state index in [4.69, 9.17) is 5.26 Å². The summed E-state index contributed by atoms with van der Waals surface area (Å²) in [6, 6.07) is 11.9. The summed E-state index contributed by atoms with van der Waals surface area (Å²) in [4.78, 5) is 22.2. The quantitative estimate of drug-likeness (QED) is 0.435. The number of hydrogen-bond acceptors (Lipinski definition) is 7. The van der Waals surface area contributed by atoms with Crippen molar-refractivity contribution in [2.24, 2.45) is 0 Å². The molecule has 2 aromatic heterocycles. The number of benzene rings is 2. The number of hydrogen-bond donors (Lipinski definition) is 2. The van der Waals surface area contributed by atoms with E-state index in [1.165, 1.54) is 23.5 Å². The molecule has 0 spiro atoms. The normalized spacial score (nSPS) is 10.8. The number of anilines is 2. The first-order chi connectivity index (χ1) is 11.6. The average Bonchev–Trinajstić information content (AvgIpc) is 3.16. The van der Waals surface area contributed by atoms with Crippen LogP contribution in [0.3, 0.4) is 0 Å². The molecule has 4 aromatic rings. The number of nitro groups is 1. The van der Waals surface area contributed by atoms with E-state index in [9.17, 15) is 10.1 Å². The molecule has 4 rings (SSSR count). The SMILES string of the molecule is N#Cc1cccc2[nH]c(Nc3nc4ccc([N+](=O)[O-])cc4s3)nc12. The van der Waals surface area contributed by atoms with Gasteiger partial charge in [0.05, 0.1) is 26.2 Å². The number of nitriles is 1. The minimum Gasteiger partial charge on any atom is -0.324 e. The Morgan fingerprint density at radius 1 is 1.29 bits per heavy atom. The summed E-state index contributed by atoms with van der Waals surface area (Å²) in [5, 5.41) is 23.5. The first-order valence-corrected chi connectivity index (χ1v) is 7.66. The zero-order valence-corrected chi connectivity index (χ0v) is 12.8. The van der Waals surface area contributed by atoms with Gasteiger partial charge in [-0.15, -0.1) is 0 Å². The van der Waals surface area contributed by atoms with Gasteiger partial charge in [0.25, 0.3) is 5.69 Å². The Bertz CT molecular complexity index is 1140. The highest BCUT2D eigenvalue weighted by Gasteiger charge is 2.12. The summed E-state index contributed by atoms with van der Waals surface area (Å²) in [5.74, 6) is 0.459. The van der Waals surface area contributed by atoms with Crippen molar-refractivity contribution in [1.29, 1.82) is 5.26 Å². The molecule has 116 valence electrons. The number of rotatable bonds is 3. The second kappa shape index (κ2) is 5.29. The Labute approximate surface area is 138 Å². The third kappa shape index (κ3) is 2.31. The van der Waals surface area contributed by atoms with Crippen LogP contribution in [0.2, 0.25) is 0 Å². The Hall–Kier alpha value is -3.51. The molecule has 2 N–H and O–H groups in total. The molecule has 8 nitrogen and oxygen atoms in total. The number of nitrogens with one attached hydrogen (secondary N) is 2. The lowest BCUT2D eigenvalue weighted by Crippen LogP contribution is -1.90. The van der Waals surface area contributed by atoms with Gasteiger partial charge in [-0.1, -0.05) is 17.4 Å². The van der Waals surface area contributed by atoms with E-state index >= 15 is 0 Å². The van der Waals surface area contributed by atoms with E-state index in [2.05, 4.69) is 26.3 Å². The fraction of sp³-hybridized carbons (Fsp3) is 0. The third-order valence-corrected chi connectivity index (χ3v) is 4.37. The smallest absolute Gasteiger partial charge is 0.270 e. The highest BCUT2D eigenvalue weighted by molar-refractivity contribution is 7.22. The molecule has 9 heteroatoms. The first-order valence-electron chi connectivity index (χ1n) is 6.85. The van der Waals surface area contributed by atoms with Crippen molar-refractivity contribution in [2.45, 2.75) is 0 Å². The lowest BCUT2D eigenvalue weighted by molar-refractivity contribution is -0.384. The van der Waals surface area contributed by atoms with Crippen LogP contribution in [-0.2, 0) is 0 Å². The van der Waals surface area contributed by atoms with Crippen LogP contribution in [0.5, 0.6) is 0 Å². The maximum Gasteiger partial charge on any atom is 0.270 e. The van der Waals surface area contributed by atoms with Gasteiger partial charge in [0.2, 0.25) is 5.95 Å². The van der Waals surface area contributed by atoms with Crippen molar-refractivity contribution in [3.05, 3.63) is 52.1 Å². The second-order valence-electron chi connectivity index (χ2n) is 4.95. The molecule has 0 aliphatic heterocycles. The van der Waals surface area contributed by atoms with Gasteiger partial charge in [0.15, 0.2) is 5.13 Å². The lowest BCUT2D eigenvalue weighted by Gasteiger charge is -1.94. The van der Waals surface area contributed by atoms with E-state index in [-0.39, 0.29) is 5.69 Å². The molecule has 0 aliphatic carbocycles. The van der Waals surface area contributed by atoms with E-state index < -0.39 is 4.92 Å². The molecule has 0 aliphatic rings. The average molecular weight is 336 g/mol. The topological polar surface area (TPSA) is 121 Å².